The number of likely N-dealkylation sites (N-methyl/N-ethyl adjacent to an activating group) is 1. The lowest BCUT2D eigenvalue weighted by molar-refractivity contribution is -0.135. The van der Waals surface area contributed by atoms with Crippen LogP contribution in [0.1, 0.15) is 26.0 Å². The molecule has 0 radical (unpaired) electrons. The molecule has 0 spiro atoms. The van der Waals surface area contributed by atoms with Crippen molar-refractivity contribution in [2.45, 2.75) is 32.2 Å². The number of amides is 1. The maximum absolute atomic E-state index is 11.9. The third-order valence-electron chi connectivity index (χ3n) is 2.99. The van der Waals surface area contributed by atoms with Gasteiger partial charge in [0.05, 0.1) is 12.1 Å². The summed E-state index contributed by atoms with van der Waals surface area (Å²) in [5.74, 6) is 0.0229. The quantitative estimate of drug-likeness (QED) is 0.837. The number of carbonyl (C=O) groups is 1. The molecule has 1 aromatic rings. The lowest BCUT2D eigenvalue weighted by Crippen LogP contribution is -2.47. The van der Waals surface area contributed by atoms with Crippen LogP contribution in [-0.4, -0.2) is 40.1 Å². The van der Waals surface area contributed by atoms with E-state index in [0.717, 1.165) is 5.69 Å². The zero-order valence-corrected chi connectivity index (χ0v) is 10.7. The normalized spacial score (nSPS) is 11.3. The number of rotatable bonds is 5. The molecule has 0 saturated heterocycles. The Morgan fingerprint density at radius 3 is 2.71 bits per heavy atom. The molecule has 0 saturated carbocycles. The summed E-state index contributed by atoms with van der Waals surface area (Å²) >= 11 is 0. The van der Waals surface area contributed by atoms with Crippen LogP contribution in [0, 0.1) is 0 Å². The van der Waals surface area contributed by atoms with E-state index in [1.54, 1.807) is 18.1 Å². The molecule has 94 valence electrons. The zero-order valence-electron chi connectivity index (χ0n) is 10.7. The number of hydrogen-bond acceptors (Lipinski definition) is 3. The van der Waals surface area contributed by atoms with Crippen LogP contribution < -0.4 is 0 Å². The van der Waals surface area contributed by atoms with Crippen LogP contribution in [0.3, 0.4) is 0 Å². The number of nitrogens with zero attached hydrogens (tertiary/aromatic N) is 2. The van der Waals surface area contributed by atoms with E-state index in [1.807, 2.05) is 32.0 Å². The molecular weight excluding hydrogens is 216 g/mol. The van der Waals surface area contributed by atoms with E-state index in [0.29, 0.717) is 12.8 Å². The van der Waals surface area contributed by atoms with Crippen LogP contribution in [-0.2, 0) is 11.2 Å². The van der Waals surface area contributed by atoms with Gasteiger partial charge in [0.15, 0.2) is 0 Å². The number of pyridine rings is 1. The monoisotopic (exact) mass is 236 g/mol. The molecule has 4 nitrogen and oxygen atoms in total. The SMILES string of the molecule is CN(C(=O)CCc1ccccn1)C(C)(C)CO. The third kappa shape index (κ3) is 3.82. The molecular formula is C13H20N2O2. The van der Waals surface area contributed by atoms with Crippen molar-refractivity contribution in [1.82, 2.24) is 9.88 Å². The summed E-state index contributed by atoms with van der Waals surface area (Å²) in [6, 6.07) is 5.67. The van der Waals surface area contributed by atoms with Crippen molar-refractivity contribution >= 4 is 5.91 Å². The lowest BCUT2D eigenvalue weighted by Gasteiger charge is -2.34. The molecule has 0 aliphatic carbocycles. The number of hydrogen-bond donors (Lipinski definition) is 1. The Balaban J connectivity index is 2.51. The van der Waals surface area contributed by atoms with Gasteiger partial charge in [-0.1, -0.05) is 6.07 Å². The summed E-state index contributed by atoms with van der Waals surface area (Å²) < 4.78 is 0. The van der Waals surface area contributed by atoms with Gasteiger partial charge < -0.3 is 10.0 Å². The highest BCUT2D eigenvalue weighted by molar-refractivity contribution is 5.76. The van der Waals surface area contributed by atoms with Gasteiger partial charge in [-0.3, -0.25) is 9.78 Å². The van der Waals surface area contributed by atoms with Crippen molar-refractivity contribution in [3.63, 3.8) is 0 Å². The fourth-order valence-electron chi connectivity index (χ4n) is 1.39. The van der Waals surface area contributed by atoms with Crippen molar-refractivity contribution in [2.75, 3.05) is 13.7 Å². The fraction of sp³-hybridized carbons (Fsp3) is 0.538. The first-order chi connectivity index (χ1) is 7.97. The lowest BCUT2D eigenvalue weighted by atomic mass is 10.0. The van der Waals surface area contributed by atoms with Crippen LogP contribution in [0.2, 0.25) is 0 Å². The molecule has 1 amide bonds. The van der Waals surface area contributed by atoms with Gasteiger partial charge in [0.1, 0.15) is 0 Å². The first-order valence-corrected chi connectivity index (χ1v) is 5.75. The molecule has 0 unspecified atom stereocenters. The Morgan fingerprint density at radius 1 is 1.47 bits per heavy atom. The predicted molar refractivity (Wildman–Crippen MR) is 66.5 cm³/mol. The summed E-state index contributed by atoms with van der Waals surface area (Å²) in [7, 11) is 1.72. The van der Waals surface area contributed by atoms with Crippen LogP contribution in [0.25, 0.3) is 0 Å². The maximum Gasteiger partial charge on any atom is 0.223 e. The first kappa shape index (κ1) is 13.6. The van der Waals surface area contributed by atoms with E-state index in [-0.39, 0.29) is 12.5 Å². The van der Waals surface area contributed by atoms with Gasteiger partial charge in [-0.15, -0.1) is 0 Å². The van der Waals surface area contributed by atoms with Gasteiger partial charge in [-0.2, -0.15) is 0 Å². The number of aliphatic hydroxyl groups excluding tert-OH is 1. The smallest absolute Gasteiger partial charge is 0.223 e. The molecule has 1 N–H and O–H groups in total. The van der Waals surface area contributed by atoms with Gasteiger partial charge in [0.2, 0.25) is 5.91 Å². The second-order valence-corrected chi connectivity index (χ2v) is 4.74. The van der Waals surface area contributed by atoms with Crippen LogP contribution in [0.15, 0.2) is 24.4 Å². The highest BCUT2D eigenvalue weighted by atomic mass is 16.3. The van der Waals surface area contributed by atoms with E-state index in [1.165, 1.54) is 0 Å². The number of aryl methyl sites for hydroxylation is 1. The Bertz CT molecular complexity index is 363. The molecule has 1 heterocycles. The molecule has 1 aromatic heterocycles. The largest absolute Gasteiger partial charge is 0.394 e. The fourth-order valence-corrected chi connectivity index (χ4v) is 1.39. The van der Waals surface area contributed by atoms with Crippen molar-refractivity contribution in [3.8, 4) is 0 Å². The first-order valence-electron chi connectivity index (χ1n) is 5.75. The standard InChI is InChI=1S/C13H20N2O2/c1-13(2,10-16)15(3)12(17)8-7-11-6-4-5-9-14-11/h4-6,9,16H,7-8,10H2,1-3H3. The molecule has 0 aromatic carbocycles. The second kappa shape index (κ2) is 5.77. The van der Waals surface area contributed by atoms with Gasteiger partial charge in [0.25, 0.3) is 0 Å². The number of carbonyl (C=O) groups excluding carboxylic acids is 1. The average molecular weight is 236 g/mol. The van der Waals surface area contributed by atoms with Crippen molar-refractivity contribution in [3.05, 3.63) is 30.1 Å². The Kier molecular flexibility index (Phi) is 4.63. The van der Waals surface area contributed by atoms with E-state index in [4.69, 9.17) is 0 Å². The van der Waals surface area contributed by atoms with E-state index < -0.39 is 5.54 Å². The second-order valence-electron chi connectivity index (χ2n) is 4.74. The summed E-state index contributed by atoms with van der Waals surface area (Å²) in [4.78, 5) is 17.7. The minimum Gasteiger partial charge on any atom is -0.394 e. The minimum absolute atomic E-state index is 0.0229. The van der Waals surface area contributed by atoms with E-state index >= 15 is 0 Å². The topological polar surface area (TPSA) is 53.4 Å². The Morgan fingerprint density at radius 2 is 2.18 bits per heavy atom. The maximum atomic E-state index is 11.9. The molecule has 0 aliphatic heterocycles. The van der Waals surface area contributed by atoms with Gasteiger partial charge in [-0.25, -0.2) is 0 Å². The van der Waals surface area contributed by atoms with Crippen molar-refractivity contribution in [2.24, 2.45) is 0 Å². The summed E-state index contributed by atoms with van der Waals surface area (Å²) in [5, 5.41) is 9.19. The molecule has 1 rings (SSSR count). The third-order valence-corrected chi connectivity index (χ3v) is 2.99. The van der Waals surface area contributed by atoms with Crippen LogP contribution >= 0.6 is 0 Å². The van der Waals surface area contributed by atoms with Gasteiger partial charge >= 0.3 is 0 Å². The molecule has 17 heavy (non-hydrogen) atoms. The van der Waals surface area contributed by atoms with Gasteiger partial charge in [-0.05, 0) is 32.4 Å². The molecule has 0 fully saturated rings. The van der Waals surface area contributed by atoms with E-state index in [9.17, 15) is 9.90 Å². The average Bonchev–Trinajstić information content (AvgIpc) is 2.36. The van der Waals surface area contributed by atoms with Crippen molar-refractivity contribution in [1.29, 1.82) is 0 Å². The van der Waals surface area contributed by atoms with Crippen LogP contribution in [0.5, 0.6) is 0 Å². The minimum atomic E-state index is -0.513. The molecule has 0 aliphatic rings. The van der Waals surface area contributed by atoms with E-state index in [2.05, 4.69) is 4.98 Å². The summed E-state index contributed by atoms with van der Waals surface area (Å²) in [6.45, 7) is 3.64. The highest BCUT2D eigenvalue weighted by Gasteiger charge is 2.26. The Hall–Kier alpha value is -1.42. The van der Waals surface area contributed by atoms with Gasteiger partial charge in [0, 0.05) is 25.4 Å². The van der Waals surface area contributed by atoms with Crippen molar-refractivity contribution < 1.29 is 9.90 Å². The predicted octanol–water partition coefficient (Wildman–Crippen LogP) is 1.24. The summed E-state index contributed by atoms with van der Waals surface area (Å²) in [6.07, 6.45) is 2.77. The molecule has 0 bridgehead atoms. The summed E-state index contributed by atoms with van der Waals surface area (Å²) in [5.41, 5.74) is 0.400. The zero-order chi connectivity index (χ0) is 12.9. The van der Waals surface area contributed by atoms with Crippen LogP contribution in [0.4, 0.5) is 0 Å². The molecule has 4 heteroatoms. The highest BCUT2D eigenvalue weighted by Crippen LogP contribution is 2.13. The number of aliphatic hydroxyl groups is 1. The molecule has 0 atom stereocenters. The Labute approximate surface area is 102 Å². The number of aromatic nitrogens is 1.